The molecule has 1 aliphatic rings. The minimum atomic E-state index is -0.195. The molecule has 5 heteroatoms. The molecule has 17 heavy (non-hydrogen) atoms. The van der Waals surface area contributed by atoms with Crippen LogP contribution in [0.1, 0.15) is 25.5 Å². The molecule has 1 atom stereocenters. The van der Waals surface area contributed by atoms with Gasteiger partial charge in [0, 0.05) is 32.2 Å². The molecule has 0 bridgehead atoms. The molecule has 1 aliphatic heterocycles. The van der Waals surface area contributed by atoms with E-state index in [1.807, 2.05) is 19.9 Å². The molecule has 0 aliphatic carbocycles. The zero-order chi connectivity index (χ0) is 12.3. The molecule has 0 amide bonds. The number of anilines is 1. The molecule has 0 spiro atoms. The Morgan fingerprint density at radius 3 is 2.76 bits per heavy atom. The third-order valence-corrected chi connectivity index (χ3v) is 3.15. The Labute approximate surface area is 101 Å². The van der Waals surface area contributed by atoms with Gasteiger partial charge in [-0.25, -0.2) is 0 Å². The lowest BCUT2D eigenvalue weighted by molar-refractivity contribution is -0.110. The van der Waals surface area contributed by atoms with Crippen LogP contribution in [-0.4, -0.2) is 37.6 Å². The van der Waals surface area contributed by atoms with Crippen LogP contribution in [0.3, 0.4) is 0 Å². The zero-order valence-electron chi connectivity index (χ0n) is 10.3. The number of piperazine rings is 1. The zero-order valence-corrected chi connectivity index (χ0v) is 10.3. The van der Waals surface area contributed by atoms with Gasteiger partial charge in [-0.1, -0.05) is 19.0 Å². The molecule has 0 aromatic carbocycles. The van der Waals surface area contributed by atoms with Crippen molar-refractivity contribution in [2.45, 2.75) is 19.8 Å². The van der Waals surface area contributed by atoms with Crippen molar-refractivity contribution in [1.82, 2.24) is 10.5 Å². The summed E-state index contributed by atoms with van der Waals surface area (Å²) in [5.41, 5.74) is 0. The fourth-order valence-electron chi connectivity index (χ4n) is 2.03. The molecule has 1 aromatic heterocycles. The lowest BCUT2D eigenvalue weighted by atomic mass is 9.95. The van der Waals surface area contributed by atoms with Gasteiger partial charge in [0.15, 0.2) is 5.82 Å². The molecule has 1 N–H and O–H groups in total. The number of rotatable bonds is 4. The standard InChI is InChI=1S/C12H19N3O2/c1-9(2)10(8-16)11-7-12(14-17-11)15-5-3-13-4-6-15/h7-10,13H,3-6H2,1-2H3/t10-/m0/s1. The first-order chi connectivity index (χ1) is 8.22. The van der Waals surface area contributed by atoms with Crippen molar-refractivity contribution >= 4 is 12.1 Å². The van der Waals surface area contributed by atoms with E-state index >= 15 is 0 Å². The SMILES string of the molecule is CC(C)[C@H](C=O)c1cc(N2CCNCC2)no1. The van der Waals surface area contributed by atoms with E-state index in [-0.39, 0.29) is 11.8 Å². The van der Waals surface area contributed by atoms with Gasteiger partial charge in [0.05, 0.1) is 5.92 Å². The molecule has 0 radical (unpaired) electrons. The predicted molar refractivity (Wildman–Crippen MR) is 65.2 cm³/mol. The first-order valence-corrected chi connectivity index (χ1v) is 6.10. The van der Waals surface area contributed by atoms with Gasteiger partial charge in [0.1, 0.15) is 12.0 Å². The van der Waals surface area contributed by atoms with E-state index in [1.165, 1.54) is 0 Å². The Balaban J connectivity index is 2.11. The highest BCUT2D eigenvalue weighted by atomic mass is 16.5. The Morgan fingerprint density at radius 2 is 2.18 bits per heavy atom. The number of nitrogens with zero attached hydrogens (tertiary/aromatic N) is 2. The first kappa shape index (κ1) is 12.1. The predicted octanol–water partition coefficient (Wildman–Crippen LogP) is 1.02. The monoisotopic (exact) mass is 237 g/mol. The van der Waals surface area contributed by atoms with Crippen LogP contribution in [0, 0.1) is 5.92 Å². The van der Waals surface area contributed by atoms with Crippen LogP contribution < -0.4 is 10.2 Å². The number of nitrogens with one attached hydrogen (secondary N) is 1. The van der Waals surface area contributed by atoms with Crippen LogP contribution >= 0.6 is 0 Å². The number of hydrogen-bond acceptors (Lipinski definition) is 5. The molecule has 1 fully saturated rings. The Bertz CT molecular complexity index is 370. The van der Waals surface area contributed by atoms with Crippen molar-refractivity contribution in [3.05, 3.63) is 11.8 Å². The smallest absolute Gasteiger partial charge is 0.172 e. The average molecular weight is 237 g/mol. The molecule has 5 nitrogen and oxygen atoms in total. The Morgan fingerprint density at radius 1 is 1.47 bits per heavy atom. The van der Waals surface area contributed by atoms with E-state index in [0.29, 0.717) is 5.76 Å². The topological polar surface area (TPSA) is 58.4 Å². The van der Waals surface area contributed by atoms with Crippen LogP contribution in [-0.2, 0) is 4.79 Å². The van der Waals surface area contributed by atoms with Crippen LogP contribution in [0.25, 0.3) is 0 Å². The second-order valence-electron chi connectivity index (χ2n) is 4.73. The van der Waals surface area contributed by atoms with Crippen molar-refractivity contribution in [2.24, 2.45) is 5.92 Å². The molecule has 0 saturated carbocycles. The second-order valence-corrected chi connectivity index (χ2v) is 4.73. The fourth-order valence-corrected chi connectivity index (χ4v) is 2.03. The lowest BCUT2D eigenvalue weighted by Crippen LogP contribution is -2.43. The van der Waals surface area contributed by atoms with Crippen molar-refractivity contribution in [3.8, 4) is 0 Å². The normalized spacial score (nSPS) is 18.4. The number of carbonyl (C=O) groups excluding carboxylic acids is 1. The Kier molecular flexibility index (Phi) is 3.78. The van der Waals surface area contributed by atoms with Crippen LogP contribution in [0.4, 0.5) is 5.82 Å². The third kappa shape index (κ3) is 2.66. The quantitative estimate of drug-likeness (QED) is 0.792. The number of hydrogen-bond donors (Lipinski definition) is 1. The van der Waals surface area contributed by atoms with E-state index in [0.717, 1.165) is 38.3 Å². The average Bonchev–Trinajstić information content (AvgIpc) is 2.80. The van der Waals surface area contributed by atoms with E-state index in [9.17, 15) is 4.79 Å². The summed E-state index contributed by atoms with van der Waals surface area (Å²) in [4.78, 5) is 13.2. The van der Waals surface area contributed by atoms with Gasteiger partial charge < -0.3 is 19.5 Å². The van der Waals surface area contributed by atoms with Gasteiger partial charge in [-0.05, 0) is 5.92 Å². The van der Waals surface area contributed by atoms with Gasteiger partial charge >= 0.3 is 0 Å². The molecule has 0 unspecified atom stereocenters. The number of aromatic nitrogens is 1. The van der Waals surface area contributed by atoms with Gasteiger partial charge in [0.25, 0.3) is 0 Å². The van der Waals surface area contributed by atoms with Crippen molar-refractivity contribution in [1.29, 1.82) is 0 Å². The van der Waals surface area contributed by atoms with Crippen molar-refractivity contribution in [2.75, 3.05) is 31.1 Å². The molecule has 94 valence electrons. The highest BCUT2D eigenvalue weighted by molar-refractivity contribution is 5.61. The van der Waals surface area contributed by atoms with Gasteiger partial charge in [-0.3, -0.25) is 0 Å². The van der Waals surface area contributed by atoms with Gasteiger partial charge in [0.2, 0.25) is 0 Å². The van der Waals surface area contributed by atoms with E-state index in [2.05, 4.69) is 15.4 Å². The maximum atomic E-state index is 11.0. The fraction of sp³-hybridized carbons (Fsp3) is 0.667. The first-order valence-electron chi connectivity index (χ1n) is 6.10. The summed E-state index contributed by atoms with van der Waals surface area (Å²) in [7, 11) is 0. The van der Waals surface area contributed by atoms with Crippen LogP contribution in [0.2, 0.25) is 0 Å². The Hall–Kier alpha value is -1.36. The van der Waals surface area contributed by atoms with Crippen molar-refractivity contribution in [3.63, 3.8) is 0 Å². The van der Waals surface area contributed by atoms with E-state index < -0.39 is 0 Å². The summed E-state index contributed by atoms with van der Waals surface area (Å²) in [5.74, 6) is 1.55. The molecular formula is C12H19N3O2. The highest BCUT2D eigenvalue weighted by Gasteiger charge is 2.22. The molecular weight excluding hydrogens is 218 g/mol. The summed E-state index contributed by atoms with van der Waals surface area (Å²) >= 11 is 0. The maximum Gasteiger partial charge on any atom is 0.172 e. The minimum Gasteiger partial charge on any atom is -0.358 e. The van der Waals surface area contributed by atoms with Gasteiger partial charge in [-0.15, -0.1) is 0 Å². The summed E-state index contributed by atoms with van der Waals surface area (Å²) in [5, 5.41) is 7.34. The molecule has 2 heterocycles. The maximum absolute atomic E-state index is 11.0. The number of aldehydes is 1. The van der Waals surface area contributed by atoms with Crippen LogP contribution in [0.5, 0.6) is 0 Å². The number of carbonyl (C=O) groups is 1. The highest BCUT2D eigenvalue weighted by Crippen LogP contribution is 2.25. The van der Waals surface area contributed by atoms with E-state index in [4.69, 9.17) is 4.52 Å². The second kappa shape index (κ2) is 5.31. The molecule has 1 saturated heterocycles. The molecule has 1 aromatic rings. The minimum absolute atomic E-state index is 0.195. The van der Waals surface area contributed by atoms with E-state index in [1.54, 1.807) is 0 Å². The summed E-state index contributed by atoms with van der Waals surface area (Å²) < 4.78 is 5.29. The van der Waals surface area contributed by atoms with Crippen LogP contribution in [0.15, 0.2) is 10.6 Å². The third-order valence-electron chi connectivity index (χ3n) is 3.15. The van der Waals surface area contributed by atoms with Gasteiger partial charge in [-0.2, -0.15) is 0 Å². The molecule has 2 rings (SSSR count). The lowest BCUT2D eigenvalue weighted by Gasteiger charge is -2.26. The summed E-state index contributed by atoms with van der Waals surface area (Å²) in [6.45, 7) is 7.80. The summed E-state index contributed by atoms with van der Waals surface area (Å²) in [6.07, 6.45) is 0.937. The summed E-state index contributed by atoms with van der Waals surface area (Å²) in [6, 6.07) is 1.89. The van der Waals surface area contributed by atoms with Crippen molar-refractivity contribution < 1.29 is 9.32 Å². The largest absolute Gasteiger partial charge is 0.358 e.